The molecule has 1 amide bonds. The summed E-state index contributed by atoms with van der Waals surface area (Å²) in [5.74, 6) is 1.13. The predicted octanol–water partition coefficient (Wildman–Crippen LogP) is 5.89. The number of amides is 1. The van der Waals surface area contributed by atoms with Crippen molar-refractivity contribution in [1.82, 2.24) is 14.8 Å². The third-order valence-corrected chi connectivity index (χ3v) is 6.61. The van der Waals surface area contributed by atoms with Crippen LogP contribution in [0, 0.1) is 3.57 Å². The zero-order valence-corrected chi connectivity index (χ0v) is 21.4. The molecule has 0 saturated heterocycles. The Balaban J connectivity index is 1.75. The number of rotatable bonds is 7. The van der Waals surface area contributed by atoms with E-state index in [1.165, 1.54) is 11.8 Å². The molecule has 0 atom stereocenters. The van der Waals surface area contributed by atoms with Crippen LogP contribution >= 0.6 is 50.3 Å². The molecule has 0 fully saturated rings. The highest BCUT2D eigenvalue weighted by Crippen LogP contribution is 2.33. The number of benzene rings is 2. The molecule has 0 spiro atoms. The van der Waals surface area contributed by atoms with Crippen molar-refractivity contribution < 1.29 is 9.90 Å². The molecule has 0 unspecified atom stereocenters. The molecule has 1 heterocycles. The first-order chi connectivity index (χ1) is 14.3. The van der Waals surface area contributed by atoms with Crippen LogP contribution in [-0.2, 0) is 11.3 Å². The molecule has 0 aliphatic heterocycles. The van der Waals surface area contributed by atoms with E-state index in [9.17, 15) is 9.90 Å². The van der Waals surface area contributed by atoms with Crippen molar-refractivity contribution >= 4 is 61.9 Å². The van der Waals surface area contributed by atoms with Crippen molar-refractivity contribution in [3.8, 4) is 17.1 Å². The fourth-order valence-corrected chi connectivity index (χ4v) is 4.69. The van der Waals surface area contributed by atoms with Gasteiger partial charge in [0.2, 0.25) is 5.91 Å². The Morgan fingerprint density at radius 2 is 2.03 bits per heavy atom. The average Bonchev–Trinajstić information content (AvgIpc) is 3.12. The molecule has 3 aromatic rings. The quantitative estimate of drug-likeness (QED) is 0.261. The predicted molar refractivity (Wildman–Crippen MR) is 133 cm³/mol. The number of thioether (sulfide) groups is 1. The molecule has 6 nitrogen and oxygen atoms in total. The summed E-state index contributed by atoms with van der Waals surface area (Å²) < 4.78 is 3.88. The number of anilines is 1. The lowest BCUT2D eigenvalue weighted by Gasteiger charge is -2.14. The average molecular weight is 601 g/mol. The number of halogens is 2. The number of nitrogens with zero attached hydrogens (tertiary/aromatic N) is 3. The van der Waals surface area contributed by atoms with Gasteiger partial charge in [0.1, 0.15) is 5.75 Å². The number of carbonyl (C=O) groups is 1. The maximum absolute atomic E-state index is 12.6. The van der Waals surface area contributed by atoms with E-state index in [0.29, 0.717) is 29.0 Å². The third-order valence-electron chi connectivity index (χ3n) is 4.47. The molecule has 0 bridgehead atoms. The van der Waals surface area contributed by atoms with Gasteiger partial charge in [-0.3, -0.25) is 4.79 Å². The van der Waals surface area contributed by atoms with Crippen LogP contribution < -0.4 is 5.32 Å². The lowest BCUT2D eigenvalue weighted by molar-refractivity contribution is -0.113. The van der Waals surface area contributed by atoms with Gasteiger partial charge in [0.15, 0.2) is 11.0 Å². The standard InChI is InChI=1S/C21H22BrIN4O2S/c1-4-27-20(16-9-13(22)5-8-18(16)28)25-26-21(27)30-11-19(29)24-17-7-6-14(23)10-15(17)12(2)3/h5-10,12,28H,4,11H2,1-3H3,(H,24,29). The molecule has 9 heteroatoms. The maximum atomic E-state index is 12.6. The van der Waals surface area contributed by atoms with Gasteiger partial charge in [0.05, 0.1) is 11.3 Å². The zero-order chi connectivity index (χ0) is 21.8. The summed E-state index contributed by atoms with van der Waals surface area (Å²) in [5.41, 5.74) is 2.55. The van der Waals surface area contributed by atoms with Gasteiger partial charge in [-0.05, 0) is 77.4 Å². The number of carbonyl (C=O) groups excluding carboxylic acids is 1. The summed E-state index contributed by atoms with van der Waals surface area (Å²) in [6.07, 6.45) is 0. The molecule has 158 valence electrons. The number of nitrogens with one attached hydrogen (secondary N) is 1. The van der Waals surface area contributed by atoms with Crippen LogP contribution in [0.1, 0.15) is 32.3 Å². The second kappa shape index (κ2) is 10.1. The van der Waals surface area contributed by atoms with Crippen LogP contribution in [0.25, 0.3) is 11.4 Å². The Morgan fingerprint density at radius 1 is 1.27 bits per heavy atom. The van der Waals surface area contributed by atoms with Gasteiger partial charge in [-0.2, -0.15) is 0 Å². The van der Waals surface area contributed by atoms with E-state index >= 15 is 0 Å². The molecule has 3 rings (SSSR count). The lowest BCUT2D eigenvalue weighted by atomic mass is 10.0. The molecule has 2 aromatic carbocycles. The first-order valence-electron chi connectivity index (χ1n) is 9.44. The minimum absolute atomic E-state index is 0.0967. The smallest absolute Gasteiger partial charge is 0.234 e. The van der Waals surface area contributed by atoms with Crippen LogP contribution in [0.15, 0.2) is 46.0 Å². The summed E-state index contributed by atoms with van der Waals surface area (Å²) in [6.45, 7) is 6.82. The van der Waals surface area contributed by atoms with E-state index in [1.807, 2.05) is 23.6 Å². The fourth-order valence-electron chi connectivity index (χ4n) is 3.01. The van der Waals surface area contributed by atoms with Crippen molar-refractivity contribution in [2.45, 2.75) is 38.4 Å². The van der Waals surface area contributed by atoms with Crippen molar-refractivity contribution in [2.24, 2.45) is 0 Å². The summed E-state index contributed by atoms with van der Waals surface area (Å²) in [6, 6.07) is 11.2. The second-order valence-corrected chi connectivity index (χ2v) is 10.0. The van der Waals surface area contributed by atoms with Crippen LogP contribution in [0.2, 0.25) is 0 Å². The highest BCUT2D eigenvalue weighted by atomic mass is 127. The SMILES string of the molecule is CCn1c(SCC(=O)Nc2ccc(I)cc2C(C)C)nnc1-c1cc(Br)ccc1O. The van der Waals surface area contributed by atoms with Gasteiger partial charge in [0.25, 0.3) is 0 Å². The van der Waals surface area contributed by atoms with Crippen molar-refractivity contribution in [3.05, 3.63) is 50.0 Å². The molecular formula is C21H22BrIN4O2S. The van der Waals surface area contributed by atoms with E-state index in [2.05, 4.69) is 73.9 Å². The Labute approximate surface area is 202 Å². The zero-order valence-electron chi connectivity index (χ0n) is 16.8. The first kappa shape index (κ1) is 23.1. The van der Waals surface area contributed by atoms with E-state index in [1.54, 1.807) is 18.2 Å². The third kappa shape index (κ3) is 5.36. The number of phenolic OH excluding ortho intramolecular Hbond substituents is 1. The number of hydrogen-bond donors (Lipinski definition) is 2. The lowest BCUT2D eigenvalue weighted by Crippen LogP contribution is -2.16. The topological polar surface area (TPSA) is 80.0 Å². The van der Waals surface area contributed by atoms with Crippen LogP contribution in [0.3, 0.4) is 0 Å². The minimum atomic E-state index is -0.0967. The van der Waals surface area contributed by atoms with Gasteiger partial charge < -0.3 is 15.0 Å². The van der Waals surface area contributed by atoms with E-state index in [4.69, 9.17) is 0 Å². The van der Waals surface area contributed by atoms with Crippen molar-refractivity contribution in [3.63, 3.8) is 0 Å². The highest BCUT2D eigenvalue weighted by molar-refractivity contribution is 14.1. The Bertz CT molecular complexity index is 1070. The largest absolute Gasteiger partial charge is 0.507 e. The van der Waals surface area contributed by atoms with E-state index in [0.717, 1.165) is 19.3 Å². The van der Waals surface area contributed by atoms with Gasteiger partial charge >= 0.3 is 0 Å². The van der Waals surface area contributed by atoms with E-state index < -0.39 is 0 Å². The fraction of sp³-hybridized carbons (Fsp3) is 0.286. The van der Waals surface area contributed by atoms with Crippen LogP contribution in [0.4, 0.5) is 5.69 Å². The molecule has 0 aliphatic rings. The van der Waals surface area contributed by atoms with Crippen molar-refractivity contribution in [2.75, 3.05) is 11.1 Å². The number of aromatic nitrogens is 3. The van der Waals surface area contributed by atoms with Gasteiger partial charge in [-0.15, -0.1) is 10.2 Å². The molecule has 2 N–H and O–H groups in total. The molecule has 0 radical (unpaired) electrons. The second-order valence-electron chi connectivity index (χ2n) is 6.94. The number of aromatic hydroxyl groups is 1. The molecule has 30 heavy (non-hydrogen) atoms. The Morgan fingerprint density at radius 3 is 2.73 bits per heavy atom. The van der Waals surface area contributed by atoms with Crippen LogP contribution in [0.5, 0.6) is 5.75 Å². The summed E-state index contributed by atoms with van der Waals surface area (Å²) in [5, 5.41) is 22.4. The molecular weight excluding hydrogens is 579 g/mol. The minimum Gasteiger partial charge on any atom is -0.507 e. The van der Waals surface area contributed by atoms with Gasteiger partial charge in [-0.25, -0.2) is 0 Å². The number of hydrogen-bond acceptors (Lipinski definition) is 5. The van der Waals surface area contributed by atoms with Crippen LogP contribution in [-0.4, -0.2) is 31.5 Å². The first-order valence-corrected chi connectivity index (χ1v) is 12.3. The van der Waals surface area contributed by atoms with E-state index in [-0.39, 0.29) is 17.4 Å². The maximum Gasteiger partial charge on any atom is 0.234 e. The summed E-state index contributed by atoms with van der Waals surface area (Å²) in [7, 11) is 0. The monoisotopic (exact) mass is 600 g/mol. The number of phenols is 1. The normalized spacial score (nSPS) is 11.1. The Hall–Kier alpha value is -1.59. The summed E-state index contributed by atoms with van der Waals surface area (Å²) >= 11 is 7.02. The summed E-state index contributed by atoms with van der Waals surface area (Å²) in [4.78, 5) is 12.6. The van der Waals surface area contributed by atoms with Gasteiger partial charge in [0, 0.05) is 20.3 Å². The van der Waals surface area contributed by atoms with Gasteiger partial charge in [-0.1, -0.05) is 41.5 Å². The molecule has 0 aliphatic carbocycles. The highest BCUT2D eigenvalue weighted by Gasteiger charge is 2.18. The molecule has 1 aromatic heterocycles. The molecule has 0 saturated carbocycles. The van der Waals surface area contributed by atoms with Crippen molar-refractivity contribution in [1.29, 1.82) is 0 Å². The Kier molecular flexibility index (Phi) is 7.81.